The Hall–Kier alpha value is -0.860. The van der Waals surface area contributed by atoms with Crippen LogP contribution in [0.3, 0.4) is 0 Å². The molecule has 1 aromatic carbocycles. The maximum atomic E-state index is 3.21. The molecule has 0 saturated carbocycles. The molecule has 2 heteroatoms. The quantitative estimate of drug-likeness (QED) is 0.731. The lowest BCUT2D eigenvalue weighted by molar-refractivity contribution is 0.352. The summed E-state index contributed by atoms with van der Waals surface area (Å²) in [5.74, 6) is 0. The number of nitrogens with one attached hydrogen (secondary N) is 1. The van der Waals surface area contributed by atoms with E-state index >= 15 is 0 Å². The molecule has 70 valence electrons. The molecule has 0 spiro atoms. The van der Waals surface area contributed by atoms with Gasteiger partial charge in [-0.3, -0.25) is 4.90 Å². The van der Waals surface area contributed by atoms with Crippen molar-refractivity contribution in [2.24, 2.45) is 0 Å². The zero-order valence-corrected chi connectivity index (χ0v) is 8.30. The van der Waals surface area contributed by atoms with Crippen molar-refractivity contribution in [3.8, 4) is 0 Å². The summed E-state index contributed by atoms with van der Waals surface area (Å²) >= 11 is 0. The first-order chi connectivity index (χ1) is 6.31. The van der Waals surface area contributed by atoms with Gasteiger partial charge < -0.3 is 5.32 Å². The van der Waals surface area contributed by atoms with Gasteiger partial charge in [-0.15, -0.1) is 0 Å². The fourth-order valence-electron chi connectivity index (χ4n) is 2.01. The van der Waals surface area contributed by atoms with E-state index in [9.17, 15) is 0 Å². The first-order valence-electron chi connectivity index (χ1n) is 4.74. The zero-order chi connectivity index (χ0) is 9.26. The Bertz CT molecular complexity index is 307. The second-order valence-corrected chi connectivity index (χ2v) is 3.76. The smallest absolute Gasteiger partial charge is 0.0240 e. The molecule has 13 heavy (non-hydrogen) atoms. The second kappa shape index (κ2) is 3.48. The Balaban J connectivity index is 2.34. The number of fused-ring (bicyclic) bond motifs is 1. The van der Waals surface area contributed by atoms with Gasteiger partial charge in [0.2, 0.25) is 0 Å². The average molecular weight is 176 g/mol. The van der Waals surface area contributed by atoms with Crippen molar-refractivity contribution in [3.63, 3.8) is 0 Å². The molecule has 0 unspecified atom stereocenters. The predicted octanol–water partition coefficient (Wildman–Crippen LogP) is 1.35. The maximum absolute atomic E-state index is 3.21. The van der Waals surface area contributed by atoms with Crippen LogP contribution in [0.15, 0.2) is 18.2 Å². The van der Waals surface area contributed by atoms with Gasteiger partial charge in [0.1, 0.15) is 0 Å². The average Bonchev–Trinajstić information content (AvgIpc) is 2.47. The summed E-state index contributed by atoms with van der Waals surface area (Å²) in [7, 11) is 4.17. The van der Waals surface area contributed by atoms with Gasteiger partial charge in [-0.1, -0.05) is 18.2 Å². The van der Waals surface area contributed by atoms with Gasteiger partial charge in [-0.05, 0) is 30.8 Å². The third-order valence-electron chi connectivity index (χ3n) is 2.61. The first kappa shape index (κ1) is 8.73. The van der Waals surface area contributed by atoms with E-state index in [0.717, 1.165) is 19.6 Å². The maximum Gasteiger partial charge on any atom is 0.0240 e. The number of hydrogen-bond acceptors (Lipinski definition) is 2. The Morgan fingerprint density at radius 2 is 2.23 bits per heavy atom. The molecule has 0 aromatic heterocycles. The first-order valence-corrected chi connectivity index (χ1v) is 4.74. The topological polar surface area (TPSA) is 15.3 Å². The van der Waals surface area contributed by atoms with Gasteiger partial charge in [0, 0.05) is 19.6 Å². The molecule has 0 amide bonds. The van der Waals surface area contributed by atoms with Crippen LogP contribution in [0.4, 0.5) is 0 Å². The monoisotopic (exact) mass is 176 g/mol. The van der Waals surface area contributed by atoms with E-state index in [0.29, 0.717) is 0 Å². The van der Waals surface area contributed by atoms with Crippen LogP contribution in [0, 0.1) is 0 Å². The van der Waals surface area contributed by atoms with E-state index in [1.165, 1.54) is 16.7 Å². The van der Waals surface area contributed by atoms with Gasteiger partial charge in [0.05, 0.1) is 0 Å². The van der Waals surface area contributed by atoms with Gasteiger partial charge in [0.25, 0.3) is 0 Å². The fraction of sp³-hybridized carbons (Fsp3) is 0.455. The Morgan fingerprint density at radius 3 is 3.00 bits per heavy atom. The van der Waals surface area contributed by atoms with Crippen LogP contribution in [0.25, 0.3) is 0 Å². The summed E-state index contributed by atoms with van der Waals surface area (Å²) in [5.41, 5.74) is 4.47. The van der Waals surface area contributed by atoms with Crippen LogP contribution in [-0.4, -0.2) is 19.0 Å². The SMILES string of the molecule is CNCc1cccc2c1CN(C)C2. The van der Waals surface area contributed by atoms with Crippen LogP contribution in [0.2, 0.25) is 0 Å². The summed E-state index contributed by atoms with van der Waals surface area (Å²) in [6.07, 6.45) is 0. The molecule has 0 bridgehead atoms. The Labute approximate surface area is 79.6 Å². The summed E-state index contributed by atoms with van der Waals surface area (Å²) in [6.45, 7) is 3.19. The molecule has 2 rings (SSSR count). The largest absolute Gasteiger partial charge is 0.316 e. The van der Waals surface area contributed by atoms with Crippen molar-refractivity contribution in [3.05, 3.63) is 34.9 Å². The van der Waals surface area contributed by atoms with Crippen molar-refractivity contribution in [2.45, 2.75) is 19.6 Å². The van der Waals surface area contributed by atoms with E-state index in [1.807, 2.05) is 7.05 Å². The zero-order valence-electron chi connectivity index (χ0n) is 8.30. The molecular weight excluding hydrogens is 160 g/mol. The molecule has 0 aliphatic carbocycles. The van der Waals surface area contributed by atoms with Gasteiger partial charge in [-0.2, -0.15) is 0 Å². The Morgan fingerprint density at radius 1 is 1.38 bits per heavy atom. The van der Waals surface area contributed by atoms with Crippen LogP contribution in [-0.2, 0) is 19.6 Å². The van der Waals surface area contributed by atoms with E-state index in [1.54, 1.807) is 0 Å². The lowest BCUT2D eigenvalue weighted by Crippen LogP contribution is -2.10. The molecule has 2 nitrogen and oxygen atoms in total. The summed E-state index contributed by atoms with van der Waals surface area (Å²) in [6, 6.07) is 6.61. The van der Waals surface area contributed by atoms with Crippen molar-refractivity contribution in [1.29, 1.82) is 0 Å². The minimum Gasteiger partial charge on any atom is -0.316 e. The normalized spacial score (nSPS) is 16.2. The Kier molecular flexibility index (Phi) is 2.34. The molecule has 1 heterocycles. The number of hydrogen-bond donors (Lipinski definition) is 1. The van der Waals surface area contributed by atoms with Crippen LogP contribution in [0.5, 0.6) is 0 Å². The van der Waals surface area contributed by atoms with Crippen molar-refractivity contribution >= 4 is 0 Å². The van der Waals surface area contributed by atoms with E-state index in [2.05, 4.69) is 35.5 Å². The molecular formula is C11H16N2. The van der Waals surface area contributed by atoms with Gasteiger partial charge in [-0.25, -0.2) is 0 Å². The van der Waals surface area contributed by atoms with Crippen molar-refractivity contribution in [1.82, 2.24) is 10.2 Å². The lowest BCUT2D eigenvalue weighted by Gasteiger charge is -2.07. The fourth-order valence-corrected chi connectivity index (χ4v) is 2.01. The highest BCUT2D eigenvalue weighted by Gasteiger charge is 2.17. The van der Waals surface area contributed by atoms with Crippen LogP contribution >= 0.6 is 0 Å². The van der Waals surface area contributed by atoms with E-state index < -0.39 is 0 Å². The molecule has 0 saturated heterocycles. The number of nitrogens with zero attached hydrogens (tertiary/aromatic N) is 1. The third kappa shape index (κ3) is 1.60. The van der Waals surface area contributed by atoms with Crippen molar-refractivity contribution in [2.75, 3.05) is 14.1 Å². The van der Waals surface area contributed by atoms with E-state index in [4.69, 9.17) is 0 Å². The summed E-state index contributed by atoms with van der Waals surface area (Å²) in [4.78, 5) is 2.35. The predicted molar refractivity (Wildman–Crippen MR) is 54.4 cm³/mol. The molecule has 0 radical (unpaired) electrons. The third-order valence-corrected chi connectivity index (χ3v) is 2.61. The van der Waals surface area contributed by atoms with Crippen LogP contribution < -0.4 is 5.32 Å². The summed E-state index contributed by atoms with van der Waals surface area (Å²) < 4.78 is 0. The minimum absolute atomic E-state index is 0.983. The lowest BCUT2D eigenvalue weighted by atomic mass is 10.0. The molecule has 1 aromatic rings. The highest BCUT2D eigenvalue weighted by molar-refractivity contribution is 5.37. The standard InChI is InChI=1S/C11H16N2/c1-12-6-9-4-3-5-10-7-13(2)8-11(9)10/h3-5,12H,6-8H2,1-2H3. The second-order valence-electron chi connectivity index (χ2n) is 3.76. The number of benzene rings is 1. The highest BCUT2D eigenvalue weighted by Crippen LogP contribution is 2.24. The molecule has 1 aliphatic heterocycles. The molecule has 1 aliphatic rings. The highest BCUT2D eigenvalue weighted by atomic mass is 15.1. The van der Waals surface area contributed by atoms with Gasteiger partial charge >= 0.3 is 0 Å². The minimum atomic E-state index is 0.983. The number of rotatable bonds is 2. The molecule has 0 fully saturated rings. The molecule has 0 atom stereocenters. The van der Waals surface area contributed by atoms with Crippen LogP contribution in [0.1, 0.15) is 16.7 Å². The molecule has 1 N–H and O–H groups in total. The summed E-state index contributed by atoms with van der Waals surface area (Å²) in [5, 5.41) is 3.21. The van der Waals surface area contributed by atoms with E-state index in [-0.39, 0.29) is 0 Å². The van der Waals surface area contributed by atoms with Gasteiger partial charge in [0.15, 0.2) is 0 Å². The van der Waals surface area contributed by atoms with Crippen molar-refractivity contribution < 1.29 is 0 Å².